The van der Waals surface area contributed by atoms with E-state index in [9.17, 15) is 9.59 Å². The van der Waals surface area contributed by atoms with Gasteiger partial charge in [0.25, 0.3) is 5.91 Å². The fourth-order valence-electron chi connectivity index (χ4n) is 2.17. The van der Waals surface area contributed by atoms with Crippen LogP contribution in [0.4, 0.5) is 4.79 Å². The number of hydrogen-bond acceptors (Lipinski definition) is 6. The van der Waals surface area contributed by atoms with Crippen molar-refractivity contribution in [2.24, 2.45) is 10.5 Å². The van der Waals surface area contributed by atoms with Crippen LogP contribution in [0.1, 0.15) is 20.8 Å². The fourth-order valence-corrected chi connectivity index (χ4v) is 3.22. The minimum absolute atomic E-state index is 0.350. The molecule has 2 amide bonds. The van der Waals surface area contributed by atoms with Gasteiger partial charge in [0.15, 0.2) is 0 Å². The van der Waals surface area contributed by atoms with Crippen LogP contribution in [0, 0.1) is 5.41 Å². The van der Waals surface area contributed by atoms with Crippen LogP contribution in [0.2, 0.25) is 0 Å². The topological polar surface area (TPSA) is 62.2 Å². The lowest BCUT2D eigenvalue weighted by Gasteiger charge is -2.17. The molecule has 0 atom stereocenters. The third kappa shape index (κ3) is 3.19. The average Bonchev–Trinajstić information content (AvgIpc) is 2.99. The summed E-state index contributed by atoms with van der Waals surface area (Å²) in [6, 6.07) is 0. The van der Waals surface area contributed by atoms with Gasteiger partial charge in [0.1, 0.15) is 0 Å². The average molecular weight is 323 g/mol. The summed E-state index contributed by atoms with van der Waals surface area (Å²) < 4.78 is 4.61. The maximum atomic E-state index is 12.4. The van der Waals surface area contributed by atoms with E-state index in [1.807, 2.05) is 33.9 Å². The lowest BCUT2D eigenvalue weighted by molar-refractivity contribution is -0.124. The summed E-state index contributed by atoms with van der Waals surface area (Å²) in [6.07, 6.45) is 2.89. The first-order valence-electron chi connectivity index (χ1n) is 7.03. The monoisotopic (exact) mass is 323 g/mol. The molecule has 2 rings (SSSR count). The molecule has 1 saturated heterocycles. The number of hydrogen-bond donors (Lipinski definition) is 0. The van der Waals surface area contributed by atoms with Gasteiger partial charge >= 0.3 is 6.09 Å². The molecule has 0 aliphatic carbocycles. The van der Waals surface area contributed by atoms with Crippen LogP contribution in [0.15, 0.2) is 27.9 Å². The van der Waals surface area contributed by atoms with Gasteiger partial charge in [-0.05, 0) is 12.2 Å². The Bertz CT molecular complexity index is 587. The van der Waals surface area contributed by atoms with Crippen molar-refractivity contribution in [1.82, 2.24) is 9.91 Å². The molecule has 0 aromatic rings. The van der Waals surface area contributed by atoms with E-state index in [1.54, 1.807) is 17.8 Å². The van der Waals surface area contributed by atoms with E-state index in [4.69, 9.17) is 0 Å². The number of nitrogens with zero attached hydrogens (tertiary/aromatic N) is 3. The van der Waals surface area contributed by atoms with Crippen LogP contribution >= 0.6 is 11.8 Å². The molecule has 6 nitrogen and oxygen atoms in total. The van der Waals surface area contributed by atoms with E-state index >= 15 is 0 Å². The molecule has 0 N–H and O–H groups in total. The molecule has 2 aliphatic heterocycles. The zero-order valence-electron chi connectivity index (χ0n) is 13.5. The standard InChI is InChI=1S/C15H21N3O3S/c1-15(2,3)12-10(6-7-11-17(4)8-9-22-11)13(19)18(16-12)14(20)21-5/h6-7H,8-9H2,1-5H3/b10-6+,11-7+. The summed E-state index contributed by atoms with van der Waals surface area (Å²) >= 11 is 1.74. The van der Waals surface area contributed by atoms with E-state index in [0.717, 1.165) is 22.3 Å². The minimum atomic E-state index is -0.768. The Morgan fingerprint density at radius 3 is 2.55 bits per heavy atom. The summed E-state index contributed by atoms with van der Waals surface area (Å²) in [4.78, 5) is 26.2. The van der Waals surface area contributed by atoms with Gasteiger partial charge in [-0.2, -0.15) is 5.10 Å². The Balaban J connectivity index is 2.38. The van der Waals surface area contributed by atoms with E-state index in [1.165, 1.54) is 7.11 Å². The fraction of sp³-hybridized carbons (Fsp3) is 0.533. The van der Waals surface area contributed by atoms with Gasteiger partial charge in [0.2, 0.25) is 0 Å². The number of carbonyl (C=O) groups excluding carboxylic acids is 2. The number of carbonyl (C=O) groups is 2. The third-order valence-electron chi connectivity index (χ3n) is 3.38. The van der Waals surface area contributed by atoms with Crippen molar-refractivity contribution in [3.8, 4) is 0 Å². The van der Waals surface area contributed by atoms with Crippen LogP contribution in [-0.4, -0.2) is 54.1 Å². The highest BCUT2D eigenvalue weighted by Crippen LogP contribution is 2.30. The number of hydrazone groups is 1. The zero-order valence-corrected chi connectivity index (χ0v) is 14.4. The molecule has 22 heavy (non-hydrogen) atoms. The molecule has 0 radical (unpaired) electrons. The number of methoxy groups -OCH3 is 1. The van der Waals surface area contributed by atoms with Crippen molar-refractivity contribution in [2.75, 3.05) is 26.5 Å². The molecular formula is C15H21N3O3S. The molecular weight excluding hydrogens is 302 g/mol. The molecule has 0 bridgehead atoms. The first kappa shape index (κ1) is 16.6. The summed E-state index contributed by atoms with van der Waals surface area (Å²) in [5.74, 6) is 0.591. The number of ether oxygens (including phenoxy) is 1. The number of allylic oxidation sites excluding steroid dienone is 2. The van der Waals surface area contributed by atoms with Crippen molar-refractivity contribution >= 4 is 29.5 Å². The molecule has 120 valence electrons. The second kappa shape index (κ2) is 6.16. The summed E-state index contributed by atoms with van der Waals surface area (Å²) in [5, 5.41) is 6.05. The van der Waals surface area contributed by atoms with Crippen molar-refractivity contribution < 1.29 is 14.3 Å². The molecule has 0 aromatic carbocycles. The second-order valence-corrected chi connectivity index (χ2v) is 7.26. The first-order chi connectivity index (χ1) is 10.3. The van der Waals surface area contributed by atoms with Crippen LogP contribution in [0.25, 0.3) is 0 Å². The van der Waals surface area contributed by atoms with Gasteiger partial charge in [-0.1, -0.05) is 20.8 Å². The maximum Gasteiger partial charge on any atom is 0.437 e. The van der Waals surface area contributed by atoms with Crippen LogP contribution in [0.3, 0.4) is 0 Å². The lowest BCUT2D eigenvalue weighted by Crippen LogP contribution is -2.29. The van der Waals surface area contributed by atoms with Crippen molar-refractivity contribution in [2.45, 2.75) is 20.8 Å². The molecule has 0 aromatic heterocycles. The van der Waals surface area contributed by atoms with E-state index in [2.05, 4.69) is 14.7 Å². The molecule has 0 spiro atoms. The highest BCUT2D eigenvalue weighted by atomic mass is 32.2. The summed E-state index contributed by atoms with van der Waals surface area (Å²) in [7, 11) is 3.25. The normalized spacial score (nSPS) is 22.8. The van der Waals surface area contributed by atoms with Crippen molar-refractivity contribution in [1.29, 1.82) is 0 Å². The molecule has 2 heterocycles. The van der Waals surface area contributed by atoms with Gasteiger partial charge < -0.3 is 9.64 Å². The zero-order chi connectivity index (χ0) is 16.5. The Morgan fingerprint density at radius 1 is 1.36 bits per heavy atom. The highest BCUT2D eigenvalue weighted by Gasteiger charge is 2.39. The largest absolute Gasteiger partial charge is 0.451 e. The Labute approximate surface area is 134 Å². The number of imide groups is 1. The quantitative estimate of drug-likeness (QED) is 0.694. The van der Waals surface area contributed by atoms with E-state index in [0.29, 0.717) is 11.3 Å². The lowest BCUT2D eigenvalue weighted by atomic mass is 9.85. The Morgan fingerprint density at radius 2 is 2.05 bits per heavy atom. The molecule has 2 aliphatic rings. The first-order valence-corrected chi connectivity index (χ1v) is 8.02. The van der Waals surface area contributed by atoms with Gasteiger partial charge in [0, 0.05) is 24.8 Å². The van der Waals surface area contributed by atoms with Crippen LogP contribution < -0.4 is 0 Å². The van der Waals surface area contributed by atoms with Gasteiger partial charge in [-0.15, -0.1) is 16.8 Å². The Kier molecular flexibility index (Phi) is 4.65. The van der Waals surface area contributed by atoms with Crippen LogP contribution in [-0.2, 0) is 9.53 Å². The van der Waals surface area contributed by atoms with Gasteiger partial charge in [-0.25, -0.2) is 4.79 Å². The highest BCUT2D eigenvalue weighted by molar-refractivity contribution is 8.03. The molecule has 0 saturated carbocycles. The number of amides is 2. The molecule has 0 unspecified atom stereocenters. The second-order valence-electron chi connectivity index (χ2n) is 6.14. The molecule has 1 fully saturated rings. The van der Waals surface area contributed by atoms with Crippen molar-refractivity contribution in [3.63, 3.8) is 0 Å². The van der Waals surface area contributed by atoms with Crippen molar-refractivity contribution in [3.05, 3.63) is 22.8 Å². The number of thioether (sulfide) groups is 1. The molecule has 7 heteroatoms. The predicted molar refractivity (Wildman–Crippen MR) is 87.4 cm³/mol. The van der Waals surface area contributed by atoms with Gasteiger partial charge in [-0.3, -0.25) is 4.79 Å². The summed E-state index contributed by atoms with van der Waals surface area (Å²) in [6.45, 7) is 6.86. The predicted octanol–water partition coefficient (Wildman–Crippen LogP) is 2.44. The summed E-state index contributed by atoms with van der Waals surface area (Å²) in [5.41, 5.74) is 0.675. The van der Waals surface area contributed by atoms with Gasteiger partial charge in [0.05, 0.1) is 23.4 Å². The van der Waals surface area contributed by atoms with E-state index < -0.39 is 12.0 Å². The third-order valence-corrected chi connectivity index (χ3v) is 4.51. The van der Waals surface area contributed by atoms with Crippen LogP contribution in [0.5, 0.6) is 0 Å². The maximum absolute atomic E-state index is 12.4. The van der Waals surface area contributed by atoms with E-state index in [-0.39, 0.29) is 5.41 Å². The smallest absolute Gasteiger partial charge is 0.437 e. The number of rotatable bonds is 1. The SMILES string of the molecule is COC(=O)N1N=C(C(C)(C)C)/C(=C\C=C2\SCCN2C)C1=O. The minimum Gasteiger partial charge on any atom is -0.451 e. The Hall–Kier alpha value is -1.76.